The quantitative estimate of drug-likeness (QED) is 0.155. The second-order valence-corrected chi connectivity index (χ2v) is 17.0. The van der Waals surface area contributed by atoms with Crippen molar-refractivity contribution in [1.82, 2.24) is 0 Å². The molecule has 1 aliphatic rings. The highest BCUT2D eigenvalue weighted by molar-refractivity contribution is 7.26. The zero-order valence-electron chi connectivity index (χ0n) is 33.4. The van der Waals surface area contributed by atoms with Gasteiger partial charge in [-0.15, -0.1) is 11.3 Å². The van der Waals surface area contributed by atoms with Crippen LogP contribution in [-0.4, -0.2) is 0 Å². The van der Waals surface area contributed by atoms with Gasteiger partial charge in [0.25, 0.3) is 0 Å². The molecule has 0 aliphatic heterocycles. The molecule has 0 spiro atoms. The van der Waals surface area contributed by atoms with Crippen LogP contribution < -0.4 is 4.90 Å². The zero-order valence-corrected chi connectivity index (χ0v) is 34.2. The number of hydrogen-bond acceptors (Lipinski definition) is 2. The molecule has 0 fully saturated rings. The van der Waals surface area contributed by atoms with Crippen LogP contribution in [0.2, 0.25) is 0 Å². The lowest BCUT2D eigenvalue weighted by Gasteiger charge is -2.35. The van der Waals surface area contributed by atoms with Crippen molar-refractivity contribution >= 4 is 59.3 Å². The van der Waals surface area contributed by atoms with Crippen molar-refractivity contribution in [2.75, 3.05) is 4.90 Å². The van der Waals surface area contributed by atoms with E-state index in [0.717, 1.165) is 17.1 Å². The highest BCUT2D eigenvalue weighted by Crippen LogP contribution is 2.60. The van der Waals surface area contributed by atoms with E-state index in [1.54, 1.807) is 0 Å². The summed E-state index contributed by atoms with van der Waals surface area (Å²) in [5.41, 5.74) is 15.2. The van der Waals surface area contributed by atoms with Gasteiger partial charge in [-0.05, 0) is 85.6 Å². The number of anilines is 3. The molecule has 0 amide bonds. The van der Waals surface area contributed by atoms with E-state index in [4.69, 9.17) is 0 Å². The summed E-state index contributed by atoms with van der Waals surface area (Å²) in [7, 11) is 0. The van der Waals surface area contributed by atoms with Gasteiger partial charge in [0.1, 0.15) is 0 Å². The minimum atomic E-state index is -0.533. The fourth-order valence-electron chi connectivity index (χ4n) is 10.1. The third-order valence-electron chi connectivity index (χ3n) is 12.7. The molecule has 286 valence electrons. The first-order chi connectivity index (χ1) is 30.3. The fourth-order valence-corrected chi connectivity index (χ4v) is 11.3. The second kappa shape index (κ2) is 14.3. The Bertz CT molecular complexity index is 3380. The molecular formula is C59H39NS. The topological polar surface area (TPSA) is 3.24 Å². The normalized spacial score (nSPS) is 12.7. The molecule has 1 heterocycles. The minimum absolute atomic E-state index is 0.533. The van der Waals surface area contributed by atoms with Crippen molar-refractivity contribution in [3.05, 3.63) is 259 Å². The zero-order chi connectivity index (χ0) is 40.3. The van der Waals surface area contributed by atoms with Gasteiger partial charge in [-0.1, -0.05) is 206 Å². The van der Waals surface area contributed by atoms with Gasteiger partial charge in [0.05, 0.1) is 27.2 Å². The molecule has 1 nitrogen and oxygen atoms in total. The fraction of sp³-hybridized carbons (Fsp3) is 0.0169. The van der Waals surface area contributed by atoms with Crippen LogP contribution in [0.1, 0.15) is 22.3 Å². The molecule has 0 N–H and O–H groups in total. The second-order valence-electron chi connectivity index (χ2n) is 16.0. The summed E-state index contributed by atoms with van der Waals surface area (Å²) in [6.07, 6.45) is 0. The van der Waals surface area contributed by atoms with Crippen molar-refractivity contribution in [1.29, 1.82) is 0 Å². The predicted octanol–water partition coefficient (Wildman–Crippen LogP) is 16.4. The largest absolute Gasteiger partial charge is 0.308 e. The highest BCUT2D eigenvalue weighted by Gasteiger charge is 2.47. The van der Waals surface area contributed by atoms with E-state index in [-0.39, 0.29) is 0 Å². The van der Waals surface area contributed by atoms with Gasteiger partial charge in [-0.2, -0.15) is 0 Å². The Hall–Kier alpha value is -7.52. The van der Waals surface area contributed by atoms with Crippen molar-refractivity contribution < 1.29 is 0 Å². The maximum Gasteiger partial charge on any atom is 0.0714 e. The monoisotopic (exact) mass is 793 g/mol. The van der Waals surface area contributed by atoms with Crippen LogP contribution in [0.15, 0.2) is 237 Å². The van der Waals surface area contributed by atoms with Gasteiger partial charge in [-0.3, -0.25) is 0 Å². The molecule has 11 aromatic rings. The molecule has 0 unspecified atom stereocenters. The molecule has 0 bridgehead atoms. The number of thiophene rings is 1. The number of fused-ring (bicyclic) bond motifs is 7. The van der Waals surface area contributed by atoms with Gasteiger partial charge in [-0.25, -0.2) is 0 Å². The van der Waals surface area contributed by atoms with E-state index >= 15 is 0 Å². The Labute approximate surface area is 360 Å². The minimum Gasteiger partial charge on any atom is -0.308 e. The summed E-state index contributed by atoms with van der Waals surface area (Å²) in [6, 6.07) is 87.5. The number of nitrogens with zero attached hydrogens (tertiary/aromatic N) is 1. The predicted molar refractivity (Wildman–Crippen MR) is 260 cm³/mol. The maximum absolute atomic E-state index is 2.59. The van der Waals surface area contributed by atoms with Crippen LogP contribution in [0.25, 0.3) is 64.3 Å². The average Bonchev–Trinajstić information content (AvgIpc) is 3.87. The van der Waals surface area contributed by atoms with Gasteiger partial charge in [0.2, 0.25) is 0 Å². The molecule has 1 aliphatic carbocycles. The van der Waals surface area contributed by atoms with Crippen molar-refractivity contribution in [3.8, 4) is 33.4 Å². The summed E-state index contributed by atoms with van der Waals surface area (Å²) < 4.78 is 2.55. The smallest absolute Gasteiger partial charge is 0.0714 e. The summed E-state index contributed by atoms with van der Waals surface area (Å²) in [6.45, 7) is 0. The van der Waals surface area contributed by atoms with E-state index in [2.05, 4.69) is 241 Å². The van der Waals surface area contributed by atoms with E-state index in [1.165, 1.54) is 86.6 Å². The van der Waals surface area contributed by atoms with Crippen LogP contribution >= 0.6 is 11.3 Å². The van der Waals surface area contributed by atoms with E-state index in [0.29, 0.717) is 0 Å². The van der Waals surface area contributed by atoms with Crippen LogP contribution in [0.4, 0.5) is 17.1 Å². The number of benzene rings is 10. The molecule has 0 saturated heterocycles. The standard InChI is InChI=1S/C59H39NS/c1-4-19-41(20-5-1)47-37-36-44(43-35-34-40-18-10-11-21-42(40)38-43)39-55(47)60(54-32-16-28-49-48-26-13-15-33-56(48)61-58(49)54)53-31-17-30-52-57(53)50-27-12-14-29-51(50)59(52,45-22-6-2-7-23-45)46-24-8-3-9-25-46/h1-39H. The summed E-state index contributed by atoms with van der Waals surface area (Å²) in [5.74, 6) is 0. The maximum atomic E-state index is 2.59. The Balaban J connectivity index is 1.22. The average molecular weight is 794 g/mol. The molecule has 0 saturated carbocycles. The van der Waals surface area contributed by atoms with E-state index < -0.39 is 5.41 Å². The molecular weight excluding hydrogens is 755 g/mol. The molecule has 10 aromatic carbocycles. The Kier molecular flexibility index (Phi) is 8.33. The molecule has 1 aromatic heterocycles. The summed E-state index contributed by atoms with van der Waals surface area (Å²) in [4.78, 5) is 2.59. The lowest BCUT2D eigenvalue weighted by atomic mass is 9.68. The SMILES string of the molecule is c1ccc(-c2ccc(-c3ccc4ccccc4c3)cc2N(c2cccc3c2-c2ccccc2C3(c2ccccc2)c2ccccc2)c2cccc3c2sc2ccccc23)cc1. The Morgan fingerprint density at radius 3 is 1.74 bits per heavy atom. The van der Waals surface area contributed by atoms with Gasteiger partial charge in [0.15, 0.2) is 0 Å². The van der Waals surface area contributed by atoms with Crippen LogP contribution in [0.3, 0.4) is 0 Å². The molecule has 0 atom stereocenters. The van der Waals surface area contributed by atoms with Crippen molar-refractivity contribution in [2.24, 2.45) is 0 Å². The number of hydrogen-bond donors (Lipinski definition) is 0. The summed E-state index contributed by atoms with van der Waals surface area (Å²) >= 11 is 1.88. The Morgan fingerprint density at radius 1 is 0.344 bits per heavy atom. The van der Waals surface area contributed by atoms with Gasteiger partial charge in [0, 0.05) is 26.6 Å². The molecule has 61 heavy (non-hydrogen) atoms. The van der Waals surface area contributed by atoms with Crippen LogP contribution in [0, 0.1) is 0 Å². The van der Waals surface area contributed by atoms with Crippen molar-refractivity contribution in [2.45, 2.75) is 5.41 Å². The molecule has 2 heteroatoms. The molecule has 0 radical (unpaired) electrons. The van der Waals surface area contributed by atoms with Crippen LogP contribution in [-0.2, 0) is 5.41 Å². The van der Waals surface area contributed by atoms with Crippen LogP contribution in [0.5, 0.6) is 0 Å². The Morgan fingerprint density at radius 2 is 0.934 bits per heavy atom. The van der Waals surface area contributed by atoms with Crippen molar-refractivity contribution in [3.63, 3.8) is 0 Å². The lowest BCUT2D eigenvalue weighted by molar-refractivity contribution is 0.768. The third kappa shape index (κ3) is 5.53. The third-order valence-corrected chi connectivity index (χ3v) is 13.9. The van der Waals surface area contributed by atoms with E-state index in [9.17, 15) is 0 Å². The van der Waals surface area contributed by atoms with Gasteiger partial charge < -0.3 is 4.90 Å². The highest BCUT2D eigenvalue weighted by atomic mass is 32.1. The number of rotatable bonds is 7. The van der Waals surface area contributed by atoms with Gasteiger partial charge >= 0.3 is 0 Å². The summed E-state index contributed by atoms with van der Waals surface area (Å²) in [5, 5.41) is 5.03. The van der Waals surface area contributed by atoms with E-state index in [1.807, 2.05) is 11.3 Å². The lowest BCUT2D eigenvalue weighted by Crippen LogP contribution is -2.28. The molecule has 12 rings (SSSR count). The first kappa shape index (κ1) is 35.4. The first-order valence-corrected chi connectivity index (χ1v) is 21.8. The first-order valence-electron chi connectivity index (χ1n) is 21.0.